The standard InChI is InChI=1S/C8H10.C4H8O2.C2H5NO2/c1-2-8-6-4-3-5-7-8;1-2-3-4(5)6;1-5-2(3)4/h3-7H,2H2,1H3;2-3H2,1H3,(H,5,6);1H3,(H2,3,4). The lowest BCUT2D eigenvalue weighted by atomic mass is 10.2. The molecule has 5 heteroatoms. The molecule has 108 valence electrons. The Morgan fingerprint density at radius 3 is 1.84 bits per heavy atom. The van der Waals surface area contributed by atoms with E-state index in [1.165, 1.54) is 12.7 Å². The largest absolute Gasteiger partial charge is 0.481 e. The van der Waals surface area contributed by atoms with Gasteiger partial charge in [0.05, 0.1) is 7.11 Å². The molecule has 0 spiro atoms. The van der Waals surface area contributed by atoms with Crippen molar-refractivity contribution in [3.05, 3.63) is 35.9 Å². The van der Waals surface area contributed by atoms with E-state index in [2.05, 4.69) is 41.7 Å². The van der Waals surface area contributed by atoms with Gasteiger partial charge in [0.1, 0.15) is 0 Å². The number of carbonyl (C=O) groups excluding carboxylic acids is 1. The average molecular weight is 269 g/mol. The third kappa shape index (κ3) is 18.5. The van der Waals surface area contributed by atoms with E-state index in [1.54, 1.807) is 0 Å². The number of aryl methyl sites for hydroxylation is 1. The summed E-state index contributed by atoms with van der Waals surface area (Å²) < 4.78 is 3.89. The zero-order chi connectivity index (χ0) is 15.1. The van der Waals surface area contributed by atoms with Gasteiger partial charge in [-0.1, -0.05) is 44.2 Å². The molecule has 0 atom stereocenters. The molecule has 0 aliphatic heterocycles. The van der Waals surface area contributed by atoms with Gasteiger partial charge in [0.15, 0.2) is 0 Å². The minimum atomic E-state index is -0.745. The van der Waals surface area contributed by atoms with Gasteiger partial charge in [-0.15, -0.1) is 0 Å². The number of nitrogens with two attached hydrogens (primary N) is 1. The summed E-state index contributed by atoms with van der Waals surface area (Å²) in [5, 5.41) is 7.91. The zero-order valence-corrected chi connectivity index (χ0v) is 11.8. The Morgan fingerprint density at radius 1 is 1.21 bits per heavy atom. The van der Waals surface area contributed by atoms with Gasteiger partial charge in [-0.3, -0.25) is 4.79 Å². The minimum Gasteiger partial charge on any atom is -0.481 e. The first-order chi connectivity index (χ1) is 8.97. The number of carbonyl (C=O) groups is 2. The summed E-state index contributed by atoms with van der Waals surface area (Å²) in [7, 11) is 1.22. The molecule has 1 amide bonds. The van der Waals surface area contributed by atoms with Crippen molar-refractivity contribution in [1.29, 1.82) is 0 Å². The maximum atomic E-state index is 9.60. The molecule has 1 rings (SSSR count). The number of rotatable bonds is 3. The monoisotopic (exact) mass is 269 g/mol. The van der Waals surface area contributed by atoms with Crippen LogP contribution in [0.4, 0.5) is 4.79 Å². The number of aliphatic carboxylic acids is 1. The fourth-order valence-electron chi connectivity index (χ4n) is 0.928. The Balaban J connectivity index is 0. The second-order valence-electron chi connectivity index (χ2n) is 3.51. The molecular formula is C14H23NO4. The number of benzene rings is 1. The molecule has 0 aliphatic rings. The molecule has 0 bridgehead atoms. The van der Waals surface area contributed by atoms with Crippen LogP contribution in [0.15, 0.2) is 30.3 Å². The topological polar surface area (TPSA) is 89.6 Å². The molecule has 3 N–H and O–H groups in total. The number of ether oxygens (including phenoxy) is 1. The van der Waals surface area contributed by atoms with Crippen LogP contribution in [0.3, 0.4) is 0 Å². The third-order valence-corrected chi connectivity index (χ3v) is 1.92. The molecule has 0 saturated heterocycles. The van der Waals surface area contributed by atoms with Crippen LogP contribution in [0.1, 0.15) is 32.3 Å². The molecule has 0 aromatic heterocycles. The molecule has 19 heavy (non-hydrogen) atoms. The molecule has 0 heterocycles. The van der Waals surface area contributed by atoms with Crippen LogP contribution in [0.25, 0.3) is 0 Å². The van der Waals surface area contributed by atoms with Crippen molar-refractivity contribution in [2.75, 3.05) is 7.11 Å². The van der Waals surface area contributed by atoms with Crippen molar-refractivity contribution in [2.24, 2.45) is 5.73 Å². The van der Waals surface area contributed by atoms with Crippen LogP contribution in [-0.2, 0) is 16.0 Å². The zero-order valence-electron chi connectivity index (χ0n) is 11.8. The quantitative estimate of drug-likeness (QED) is 0.882. The second kappa shape index (κ2) is 14.0. The Labute approximate surface area is 114 Å². The van der Waals surface area contributed by atoms with E-state index >= 15 is 0 Å². The second-order valence-corrected chi connectivity index (χ2v) is 3.51. The fraction of sp³-hybridized carbons (Fsp3) is 0.429. The average Bonchev–Trinajstić information content (AvgIpc) is 2.41. The van der Waals surface area contributed by atoms with Crippen LogP contribution in [0.5, 0.6) is 0 Å². The lowest BCUT2D eigenvalue weighted by Gasteiger charge is -1.89. The summed E-state index contributed by atoms with van der Waals surface area (Å²) in [6.45, 7) is 4.00. The van der Waals surface area contributed by atoms with Gasteiger partial charge >= 0.3 is 12.1 Å². The Kier molecular flexibility index (Phi) is 14.2. The summed E-state index contributed by atoms with van der Waals surface area (Å²) >= 11 is 0. The molecule has 0 fully saturated rings. The smallest absolute Gasteiger partial charge is 0.404 e. The Hall–Kier alpha value is -2.04. The highest BCUT2D eigenvalue weighted by molar-refractivity contribution is 5.66. The lowest BCUT2D eigenvalue weighted by Crippen LogP contribution is -2.08. The molecule has 1 aromatic carbocycles. The van der Waals surface area contributed by atoms with Crippen molar-refractivity contribution in [2.45, 2.75) is 33.1 Å². The maximum absolute atomic E-state index is 9.60. The normalized spacial score (nSPS) is 8.16. The molecular weight excluding hydrogens is 246 g/mol. The van der Waals surface area contributed by atoms with Crippen LogP contribution >= 0.6 is 0 Å². The van der Waals surface area contributed by atoms with Crippen molar-refractivity contribution >= 4 is 12.1 Å². The van der Waals surface area contributed by atoms with Crippen molar-refractivity contribution in [3.63, 3.8) is 0 Å². The van der Waals surface area contributed by atoms with Crippen molar-refractivity contribution in [3.8, 4) is 0 Å². The summed E-state index contributed by atoms with van der Waals surface area (Å²) in [6.07, 6.45) is 1.42. The third-order valence-electron chi connectivity index (χ3n) is 1.92. The molecule has 0 radical (unpaired) electrons. The van der Waals surface area contributed by atoms with Crippen LogP contribution in [0.2, 0.25) is 0 Å². The van der Waals surface area contributed by atoms with Gasteiger partial charge in [0, 0.05) is 6.42 Å². The molecule has 1 aromatic rings. The highest BCUT2D eigenvalue weighted by Crippen LogP contribution is 1.96. The minimum absolute atomic E-state index is 0.292. The number of amides is 1. The van der Waals surface area contributed by atoms with Crippen LogP contribution in [0, 0.1) is 0 Å². The van der Waals surface area contributed by atoms with E-state index in [-0.39, 0.29) is 0 Å². The van der Waals surface area contributed by atoms with Crippen molar-refractivity contribution < 1.29 is 19.4 Å². The lowest BCUT2D eigenvalue weighted by molar-refractivity contribution is -0.137. The van der Waals surface area contributed by atoms with E-state index in [9.17, 15) is 9.59 Å². The first-order valence-corrected chi connectivity index (χ1v) is 6.06. The van der Waals surface area contributed by atoms with E-state index in [0.717, 1.165) is 12.8 Å². The summed E-state index contributed by atoms with van der Waals surface area (Å²) in [5.41, 5.74) is 5.84. The van der Waals surface area contributed by atoms with E-state index in [1.807, 2.05) is 13.0 Å². The summed E-state index contributed by atoms with van der Waals surface area (Å²) in [6, 6.07) is 10.5. The van der Waals surface area contributed by atoms with E-state index in [4.69, 9.17) is 5.11 Å². The van der Waals surface area contributed by atoms with Gasteiger partial charge < -0.3 is 15.6 Å². The molecule has 5 nitrogen and oxygen atoms in total. The predicted octanol–water partition coefficient (Wildman–Crippen LogP) is 2.83. The SMILES string of the molecule is CCCC(=O)O.CCc1ccccc1.COC(N)=O. The maximum Gasteiger partial charge on any atom is 0.404 e. The Morgan fingerprint density at radius 2 is 1.68 bits per heavy atom. The summed E-state index contributed by atoms with van der Waals surface area (Å²) in [5.74, 6) is -0.711. The highest BCUT2D eigenvalue weighted by atomic mass is 16.5. The summed E-state index contributed by atoms with van der Waals surface area (Å²) in [4.78, 5) is 19.0. The first kappa shape index (κ1) is 19.3. The number of carboxylic acids is 1. The van der Waals surface area contributed by atoms with E-state index < -0.39 is 12.1 Å². The van der Waals surface area contributed by atoms with Gasteiger partial charge in [-0.05, 0) is 18.4 Å². The predicted molar refractivity (Wildman–Crippen MR) is 75.0 cm³/mol. The first-order valence-electron chi connectivity index (χ1n) is 6.06. The van der Waals surface area contributed by atoms with Gasteiger partial charge in [-0.2, -0.15) is 0 Å². The number of methoxy groups -OCH3 is 1. The van der Waals surface area contributed by atoms with Crippen LogP contribution < -0.4 is 5.73 Å². The number of hydrogen-bond donors (Lipinski definition) is 2. The molecule has 0 unspecified atom stereocenters. The highest BCUT2D eigenvalue weighted by Gasteiger charge is 1.87. The van der Waals surface area contributed by atoms with Gasteiger partial charge in [0.25, 0.3) is 0 Å². The van der Waals surface area contributed by atoms with Crippen molar-refractivity contribution in [1.82, 2.24) is 0 Å². The number of primary amides is 1. The molecule has 0 aliphatic carbocycles. The number of carboxylic acid groups (broad SMARTS) is 1. The number of hydrogen-bond acceptors (Lipinski definition) is 3. The van der Waals surface area contributed by atoms with Gasteiger partial charge in [-0.25, -0.2) is 4.79 Å². The van der Waals surface area contributed by atoms with Gasteiger partial charge in [0.2, 0.25) is 0 Å². The molecule has 0 saturated carbocycles. The Bertz CT molecular complexity index is 339. The fourth-order valence-corrected chi connectivity index (χ4v) is 0.928. The van der Waals surface area contributed by atoms with E-state index in [0.29, 0.717) is 6.42 Å². The van der Waals surface area contributed by atoms with Crippen LogP contribution in [-0.4, -0.2) is 24.3 Å².